The highest BCUT2D eigenvalue weighted by Crippen LogP contribution is 2.20. The number of hydrogen-bond acceptors (Lipinski definition) is 2. The Morgan fingerprint density at radius 2 is 1.67 bits per heavy atom. The summed E-state index contributed by atoms with van der Waals surface area (Å²) in [6.07, 6.45) is -0.0388. The van der Waals surface area contributed by atoms with E-state index in [1.807, 2.05) is 24.3 Å². The summed E-state index contributed by atoms with van der Waals surface area (Å²) in [5.41, 5.74) is 2.46. The molecule has 3 heteroatoms. The van der Waals surface area contributed by atoms with E-state index in [-0.39, 0.29) is 0 Å². The monoisotopic (exact) mass is 257 g/mol. The largest absolute Gasteiger partial charge is 0.388 e. The minimum atomic E-state index is -0.560. The van der Waals surface area contributed by atoms with Gasteiger partial charge in [0.15, 0.2) is 0 Å². The van der Waals surface area contributed by atoms with Crippen molar-refractivity contribution in [1.82, 2.24) is 0 Å². The third kappa shape index (κ3) is 3.10. The van der Waals surface area contributed by atoms with Crippen molar-refractivity contribution in [2.24, 2.45) is 0 Å². The Morgan fingerprint density at radius 1 is 1.06 bits per heavy atom. The van der Waals surface area contributed by atoms with Crippen molar-refractivity contribution >= 4 is 11.6 Å². The molecule has 0 unspecified atom stereocenters. The van der Waals surface area contributed by atoms with E-state index in [2.05, 4.69) is 6.07 Å². The summed E-state index contributed by atoms with van der Waals surface area (Å²) in [6, 6.07) is 16.5. The molecule has 0 aromatic heterocycles. The summed E-state index contributed by atoms with van der Waals surface area (Å²) in [6.45, 7) is 0. The van der Waals surface area contributed by atoms with Gasteiger partial charge < -0.3 is 5.11 Å². The minimum absolute atomic E-state index is 0.521. The molecule has 2 aromatic carbocycles. The molecule has 0 heterocycles. The van der Waals surface area contributed by atoms with Gasteiger partial charge in [-0.1, -0.05) is 35.9 Å². The molecular formula is C15H12ClNO. The van der Waals surface area contributed by atoms with Crippen molar-refractivity contribution in [3.05, 3.63) is 70.2 Å². The Kier molecular flexibility index (Phi) is 3.99. The first kappa shape index (κ1) is 12.6. The number of aliphatic hydroxyl groups excluding tert-OH is 1. The normalized spacial score (nSPS) is 11.8. The Labute approximate surface area is 111 Å². The van der Waals surface area contributed by atoms with Crippen molar-refractivity contribution in [3.63, 3.8) is 0 Å². The Hall–Kier alpha value is -1.82. The number of hydrogen-bond donors (Lipinski definition) is 1. The SMILES string of the molecule is N#Cc1ccc(C[C@@H](O)c2ccc(Cl)cc2)cc1. The van der Waals surface area contributed by atoms with Crippen LogP contribution in [0.5, 0.6) is 0 Å². The lowest BCUT2D eigenvalue weighted by molar-refractivity contribution is 0.178. The van der Waals surface area contributed by atoms with Gasteiger partial charge in [-0.25, -0.2) is 0 Å². The number of benzene rings is 2. The molecule has 0 aliphatic rings. The molecule has 2 rings (SSSR count). The van der Waals surface area contributed by atoms with E-state index in [0.717, 1.165) is 11.1 Å². The van der Waals surface area contributed by atoms with Crippen LogP contribution in [0, 0.1) is 11.3 Å². The van der Waals surface area contributed by atoms with Crippen LogP contribution in [-0.2, 0) is 6.42 Å². The molecule has 18 heavy (non-hydrogen) atoms. The highest BCUT2D eigenvalue weighted by Gasteiger charge is 2.08. The molecule has 0 spiro atoms. The molecule has 2 nitrogen and oxygen atoms in total. The van der Waals surface area contributed by atoms with Crippen molar-refractivity contribution in [2.45, 2.75) is 12.5 Å². The third-order valence-corrected chi connectivity index (χ3v) is 3.02. The molecule has 0 saturated heterocycles. The number of nitriles is 1. The number of rotatable bonds is 3. The standard InChI is InChI=1S/C15H12ClNO/c16-14-7-5-13(6-8-14)15(18)9-11-1-3-12(10-17)4-2-11/h1-8,15,18H,9H2/t15-/m1/s1. The first-order chi connectivity index (χ1) is 8.69. The second-order valence-electron chi connectivity index (χ2n) is 4.08. The van der Waals surface area contributed by atoms with Gasteiger partial charge in [-0.15, -0.1) is 0 Å². The fourth-order valence-electron chi connectivity index (χ4n) is 1.74. The molecule has 0 bridgehead atoms. The third-order valence-electron chi connectivity index (χ3n) is 2.77. The van der Waals surface area contributed by atoms with Crippen LogP contribution >= 0.6 is 11.6 Å². The van der Waals surface area contributed by atoms with Crippen LogP contribution in [0.4, 0.5) is 0 Å². The average Bonchev–Trinajstić information content (AvgIpc) is 2.40. The topological polar surface area (TPSA) is 44.0 Å². The predicted octanol–water partition coefficient (Wildman–Crippen LogP) is 3.49. The summed E-state index contributed by atoms with van der Waals surface area (Å²) >= 11 is 5.80. The fraction of sp³-hybridized carbons (Fsp3) is 0.133. The summed E-state index contributed by atoms with van der Waals surface area (Å²) in [5, 5.41) is 19.4. The summed E-state index contributed by atoms with van der Waals surface area (Å²) in [4.78, 5) is 0. The molecule has 2 aromatic rings. The van der Waals surface area contributed by atoms with E-state index in [1.165, 1.54) is 0 Å². The first-order valence-corrected chi connectivity index (χ1v) is 5.99. The fourth-order valence-corrected chi connectivity index (χ4v) is 1.87. The van der Waals surface area contributed by atoms with E-state index in [9.17, 15) is 5.11 Å². The van der Waals surface area contributed by atoms with Gasteiger partial charge in [0.25, 0.3) is 0 Å². The Bertz CT molecular complexity index is 555. The summed E-state index contributed by atoms with van der Waals surface area (Å²) < 4.78 is 0. The van der Waals surface area contributed by atoms with E-state index in [1.54, 1.807) is 24.3 Å². The van der Waals surface area contributed by atoms with Gasteiger partial charge in [-0.2, -0.15) is 5.26 Å². The van der Waals surface area contributed by atoms with E-state index in [4.69, 9.17) is 16.9 Å². The highest BCUT2D eigenvalue weighted by atomic mass is 35.5. The number of aliphatic hydroxyl groups is 1. The maximum absolute atomic E-state index is 10.1. The molecule has 1 atom stereocenters. The zero-order valence-electron chi connectivity index (χ0n) is 9.68. The van der Waals surface area contributed by atoms with Gasteiger partial charge in [-0.3, -0.25) is 0 Å². The van der Waals surface area contributed by atoms with Gasteiger partial charge in [0.2, 0.25) is 0 Å². The van der Waals surface area contributed by atoms with Gasteiger partial charge >= 0.3 is 0 Å². The molecule has 0 saturated carbocycles. The quantitative estimate of drug-likeness (QED) is 0.915. The summed E-state index contributed by atoms with van der Waals surface area (Å²) in [7, 11) is 0. The smallest absolute Gasteiger partial charge is 0.0991 e. The molecule has 0 aliphatic carbocycles. The molecule has 0 radical (unpaired) electrons. The maximum Gasteiger partial charge on any atom is 0.0991 e. The van der Waals surface area contributed by atoms with Crippen LogP contribution in [0.15, 0.2) is 48.5 Å². The van der Waals surface area contributed by atoms with Crippen LogP contribution in [0.1, 0.15) is 22.8 Å². The van der Waals surface area contributed by atoms with Gasteiger partial charge in [0.1, 0.15) is 0 Å². The van der Waals surface area contributed by atoms with Crippen LogP contribution in [0.2, 0.25) is 5.02 Å². The molecule has 90 valence electrons. The van der Waals surface area contributed by atoms with E-state index in [0.29, 0.717) is 17.0 Å². The molecule has 1 N–H and O–H groups in total. The predicted molar refractivity (Wildman–Crippen MR) is 71.3 cm³/mol. The van der Waals surface area contributed by atoms with Crippen LogP contribution in [0.3, 0.4) is 0 Å². The Morgan fingerprint density at radius 3 is 2.22 bits per heavy atom. The number of nitrogens with zero attached hydrogens (tertiary/aromatic N) is 1. The van der Waals surface area contributed by atoms with Crippen molar-refractivity contribution in [2.75, 3.05) is 0 Å². The van der Waals surface area contributed by atoms with Crippen molar-refractivity contribution < 1.29 is 5.11 Å². The number of halogens is 1. The lowest BCUT2D eigenvalue weighted by atomic mass is 10.0. The molecule has 0 fully saturated rings. The van der Waals surface area contributed by atoms with Gasteiger partial charge in [0.05, 0.1) is 17.7 Å². The van der Waals surface area contributed by atoms with Gasteiger partial charge in [-0.05, 0) is 35.4 Å². The first-order valence-electron chi connectivity index (χ1n) is 5.61. The maximum atomic E-state index is 10.1. The second kappa shape index (κ2) is 5.68. The van der Waals surface area contributed by atoms with E-state index < -0.39 is 6.10 Å². The summed E-state index contributed by atoms with van der Waals surface area (Å²) in [5.74, 6) is 0. The average molecular weight is 258 g/mol. The second-order valence-corrected chi connectivity index (χ2v) is 4.52. The Balaban J connectivity index is 2.08. The van der Waals surface area contributed by atoms with Crippen molar-refractivity contribution in [1.29, 1.82) is 5.26 Å². The highest BCUT2D eigenvalue weighted by molar-refractivity contribution is 6.30. The van der Waals surface area contributed by atoms with Crippen LogP contribution < -0.4 is 0 Å². The van der Waals surface area contributed by atoms with Crippen molar-refractivity contribution in [3.8, 4) is 6.07 Å². The lowest BCUT2D eigenvalue weighted by Gasteiger charge is -2.11. The zero-order chi connectivity index (χ0) is 13.0. The molecular weight excluding hydrogens is 246 g/mol. The van der Waals surface area contributed by atoms with E-state index >= 15 is 0 Å². The van der Waals surface area contributed by atoms with Gasteiger partial charge in [0, 0.05) is 11.4 Å². The minimum Gasteiger partial charge on any atom is -0.388 e. The molecule has 0 amide bonds. The lowest BCUT2D eigenvalue weighted by Crippen LogP contribution is -2.01. The van der Waals surface area contributed by atoms with Crippen LogP contribution in [-0.4, -0.2) is 5.11 Å². The molecule has 0 aliphatic heterocycles. The van der Waals surface area contributed by atoms with Crippen LogP contribution in [0.25, 0.3) is 0 Å². The zero-order valence-corrected chi connectivity index (χ0v) is 10.4.